The zero-order valence-corrected chi connectivity index (χ0v) is 14.7. The summed E-state index contributed by atoms with van der Waals surface area (Å²) in [7, 11) is 3.14. The molecule has 0 atom stereocenters. The Morgan fingerprint density at radius 3 is 2.40 bits per heavy atom. The fourth-order valence-electron chi connectivity index (χ4n) is 3.77. The number of carbonyl (C=O) groups excluding carboxylic acids is 2. The van der Waals surface area contributed by atoms with Gasteiger partial charge < -0.3 is 19.7 Å². The first kappa shape index (κ1) is 16.2. The van der Waals surface area contributed by atoms with Crippen LogP contribution in [0.3, 0.4) is 0 Å². The molecule has 0 aromatic heterocycles. The molecule has 1 aromatic carbocycles. The largest absolute Gasteiger partial charge is 0.497 e. The average Bonchev–Trinajstić information content (AvgIpc) is 3.51. The van der Waals surface area contributed by atoms with Crippen molar-refractivity contribution in [2.75, 3.05) is 27.3 Å². The molecule has 25 heavy (non-hydrogen) atoms. The molecular formula is C19H24N2O4. The maximum atomic E-state index is 12.8. The number of likely N-dealkylation sites (tertiary alicyclic amines) is 1. The third-order valence-corrected chi connectivity index (χ3v) is 5.89. The van der Waals surface area contributed by atoms with Crippen LogP contribution >= 0.6 is 0 Å². The first-order valence-electron chi connectivity index (χ1n) is 8.89. The van der Waals surface area contributed by atoms with Crippen molar-refractivity contribution in [3.05, 3.63) is 23.8 Å². The summed E-state index contributed by atoms with van der Waals surface area (Å²) in [5, 5.41) is 3.18. The third-order valence-electron chi connectivity index (χ3n) is 5.89. The Morgan fingerprint density at radius 1 is 1.16 bits per heavy atom. The highest BCUT2D eigenvalue weighted by atomic mass is 16.5. The molecule has 2 saturated carbocycles. The summed E-state index contributed by atoms with van der Waals surface area (Å²) >= 11 is 0. The first-order chi connectivity index (χ1) is 12.1. The molecule has 1 N–H and O–H groups in total. The van der Waals surface area contributed by atoms with E-state index in [4.69, 9.17) is 9.47 Å². The van der Waals surface area contributed by atoms with Crippen LogP contribution in [0.2, 0.25) is 0 Å². The van der Waals surface area contributed by atoms with Gasteiger partial charge in [-0.1, -0.05) is 0 Å². The van der Waals surface area contributed by atoms with Gasteiger partial charge in [-0.2, -0.15) is 0 Å². The van der Waals surface area contributed by atoms with Crippen molar-refractivity contribution in [1.82, 2.24) is 10.2 Å². The van der Waals surface area contributed by atoms with Gasteiger partial charge in [-0.05, 0) is 43.7 Å². The van der Waals surface area contributed by atoms with E-state index >= 15 is 0 Å². The predicted molar refractivity (Wildman–Crippen MR) is 91.8 cm³/mol. The summed E-state index contributed by atoms with van der Waals surface area (Å²) in [6.45, 7) is 1.30. The van der Waals surface area contributed by atoms with Crippen molar-refractivity contribution in [3.63, 3.8) is 0 Å². The van der Waals surface area contributed by atoms with Gasteiger partial charge in [0, 0.05) is 25.2 Å². The van der Waals surface area contributed by atoms with Crippen LogP contribution in [0.25, 0.3) is 0 Å². The molecule has 6 heteroatoms. The number of fused-ring (bicyclic) bond motifs is 1. The number of benzene rings is 1. The molecule has 0 spiro atoms. The van der Waals surface area contributed by atoms with Gasteiger partial charge in [0.05, 0.1) is 25.2 Å². The van der Waals surface area contributed by atoms with Crippen LogP contribution in [0.4, 0.5) is 0 Å². The lowest BCUT2D eigenvalue weighted by molar-refractivity contribution is -0.125. The van der Waals surface area contributed by atoms with Crippen molar-refractivity contribution >= 4 is 11.8 Å². The number of carbonyl (C=O) groups is 2. The molecule has 0 unspecified atom stereocenters. The Morgan fingerprint density at radius 2 is 1.84 bits per heavy atom. The maximum absolute atomic E-state index is 12.8. The Hall–Kier alpha value is -2.24. The lowest BCUT2D eigenvalue weighted by Gasteiger charge is -2.33. The molecule has 134 valence electrons. The quantitative estimate of drug-likeness (QED) is 0.885. The van der Waals surface area contributed by atoms with Gasteiger partial charge in [0.2, 0.25) is 5.91 Å². The molecule has 6 nitrogen and oxygen atoms in total. The number of methoxy groups -OCH3 is 2. The van der Waals surface area contributed by atoms with E-state index in [0.29, 0.717) is 36.1 Å². The Balaban J connectivity index is 1.35. The van der Waals surface area contributed by atoms with Crippen molar-refractivity contribution in [1.29, 1.82) is 0 Å². The topological polar surface area (TPSA) is 67.9 Å². The molecule has 1 heterocycles. The van der Waals surface area contributed by atoms with Gasteiger partial charge in [0.15, 0.2) is 0 Å². The molecule has 1 aliphatic heterocycles. The minimum absolute atomic E-state index is 0.0173. The summed E-state index contributed by atoms with van der Waals surface area (Å²) in [6, 6.07) is 5.42. The minimum atomic E-state index is -0.0349. The summed E-state index contributed by atoms with van der Waals surface area (Å²) in [5.74, 6) is 2.04. The normalized spacial score (nSPS) is 27.3. The summed E-state index contributed by atoms with van der Waals surface area (Å²) < 4.78 is 10.5. The fourth-order valence-corrected chi connectivity index (χ4v) is 3.77. The van der Waals surface area contributed by atoms with E-state index in [0.717, 1.165) is 25.7 Å². The molecule has 2 aliphatic carbocycles. The van der Waals surface area contributed by atoms with E-state index in [-0.39, 0.29) is 23.3 Å². The van der Waals surface area contributed by atoms with Gasteiger partial charge in [-0.3, -0.25) is 9.59 Å². The minimum Gasteiger partial charge on any atom is -0.497 e. The van der Waals surface area contributed by atoms with Crippen LogP contribution in [-0.2, 0) is 4.79 Å². The SMILES string of the molecule is COc1ccc(C(=O)N2CCC(NC(=O)C34CC3C4)CC2)c(OC)c1. The molecule has 4 rings (SSSR count). The van der Waals surface area contributed by atoms with Gasteiger partial charge in [0.25, 0.3) is 5.91 Å². The Kier molecular flexibility index (Phi) is 3.85. The highest BCUT2D eigenvalue weighted by Crippen LogP contribution is 2.75. The molecule has 0 bridgehead atoms. The van der Waals surface area contributed by atoms with Crippen LogP contribution in [0.1, 0.15) is 36.0 Å². The lowest BCUT2D eigenvalue weighted by atomic mass is 10.0. The maximum Gasteiger partial charge on any atom is 0.257 e. The molecule has 1 aromatic rings. The summed E-state index contributed by atoms with van der Waals surface area (Å²) in [5.41, 5.74) is 0.562. The number of nitrogens with one attached hydrogen (secondary N) is 1. The second-order valence-electron chi connectivity index (χ2n) is 7.37. The van der Waals surface area contributed by atoms with Gasteiger partial charge in [-0.25, -0.2) is 0 Å². The molecule has 3 aliphatic rings. The highest BCUT2D eigenvalue weighted by molar-refractivity contribution is 5.97. The predicted octanol–water partition coefficient (Wildman–Crippen LogP) is 1.83. The number of amides is 2. The second-order valence-corrected chi connectivity index (χ2v) is 7.37. The lowest BCUT2D eigenvalue weighted by Crippen LogP contribution is -2.47. The number of piperidine rings is 1. The summed E-state index contributed by atoms with van der Waals surface area (Å²) in [4.78, 5) is 26.8. The standard InChI is InChI=1S/C19H24N2O4/c1-24-14-3-4-15(16(9-14)25-2)17(22)21-7-5-13(6-8-21)20-18(23)19-10-12(19)11-19/h3-4,9,12-13H,5-8,10-11H2,1-2H3,(H,20,23). The van der Waals surface area contributed by atoms with Crippen LogP contribution in [0.15, 0.2) is 18.2 Å². The van der Waals surface area contributed by atoms with Gasteiger partial charge in [-0.15, -0.1) is 0 Å². The van der Waals surface area contributed by atoms with E-state index in [2.05, 4.69) is 5.32 Å². The molecule has 2 amide bonds. The van der Waals surface area contributed by atoms with Crippen LogP contribution in [-0.4, -0.2) is 50.1 Å². The molecule has 3 fully saturated rings. The Bertz CT molecular complexity index is 703. The van der Waals surface area contributed by atoms with Crippen molar-refractivity contribution in [2.24, 2.45) is 11.3 Å². The fraction of sp³-hybridized carbons (Fsp3) is 0.579. The zero-order chi connectivity index (χ0) is 17.6. The van der Waals surface area contributed by atoms with E-state index < -0.39 is 0 Å². The first-order valence-corrected chi connectivity index (χ1v) is 8.89. The van der Waals surface area contributed by atoms with E-state index in [1.54, 1.807) is 32.4 Å². The highest BCUT2D eigenvalue weighted by Gasteiger charge is 2.74. The number of hydrogen-bond acceptors (Lipinski definition) is 4. The molecule has 1 saturated heterocycles. The number of hydrogen-bond donors (Lipinski definition) is 1. The average molecular weight is 344 g/mol. The van der Waals surface area contributed by atoms with Gasteiger partial charge in [0.1, 0.15) is 11.5 Å². The smallest absolute Gasteiger partial charge is 0.257 e. The number of rotatable bonds is 5. The van der Waals surface area contributed by atoms with E-state index in [1.807, 2.05) is 4.90 Å². The van der Waals surface area contributed by atoms with E-state index in [9.17, 15) is 9.59 Å². The van der Waals surface area contributed by atoms with Gasteiger partial charge >= 0.3 is 0 Å². The molecular weight excluding hydrogens is 320 g/mol. The third kappa shape index (κ3) is 2.83. The van der Waals surface area contributed by atoms with Crippen molar-refractivity contribution in [3.8, 4) is 11.5 Å². The van der Waals surface area contributed by atoms with Crippen molar-refractivity contribution < 1.29 is 19.1 Å². The van der Waals surface area contributed by atoms with Crippen LogP contribution < -0.4 is 14.8 Å². The second kappa shape index (κ2) is 5.93. The number of nitrogens with zero attached hydrogens (tertiary/aromatic N) is 1. The van der Waals surface area contributed by atoms with Crippen LogP contribution in [0.5, 0.6) is 11.5 Å². The monoisotopic (exact) mass is 344 g/mol. The summed E-state index contributed by atoms with van der Waals surface area (Å²) in [6.07, 6.45) is 3.76. The Labute approximate surface area is 147 Å². The molecule has 0 radical (unpaired) electrons. The van der Waals surface area contributed by atoms with Crippen LogP contribution in [0, 0.1) is 11.3 Å². The number of ether oxygens (including phenoxy) is 2. The van der Waals surface area contributed by atoms with Crippen molar-refractivity contribution in [2.45, 2.75) is 31.7 Å². The van der Waals surface area contributed by atoms with E-state index in [1.165, 1.54) is 0 Å². The zero-order valence-electron chi connectivity index (χ0n) is 14.7.